The van der Waals surface area contributed by atoms with Crippen LogP contribution in [0.3, 0.4) is 0 Å². The zero-order valence-electron chi connectivity index (χ0n) is 17.7. The molecule has 0 saturated heterocycles. The molecule has 0 aromatic rings. The Hall–Kier alpha value is -0.320. The minimum atomic E-state index is -0.789. The Labute approximate surface area is 164 Å². The first-order chi connectivity index (χ1) is 12.4. The lowest BCUT2D eigenvalue weighted by Crippen LogP contribution is -2.66. The van der Waals surface area contributed by atoms with E-state index in [-0.39, 0.29) is 19.1 Å². The lowest BCUT2D eigenvalue weighted by molar-refractivity contribution is -0.0636. The second kappa shape index (κ2) is 13.0. The lowest BCUT2D eigenvalue weighted by atomic mass is 9.75. The topological polar surface area (TPSA) is 142 Å². The number of nitrogens with zero attached hydrogens (tertiary/aromatic N) is 1. The van der Waals surface area contributed by atoms with E-state index in [1.54, 1.807) is 34.6 Å². The van der Waals surface area contributed by atoms with Crippen molar-refractivity contribution in [2.75, 3.05) is 26.2 Å². The van der Waals surface area contributed by atoms with Crippen LogP contribution in [0.4, 0.5) is 0 Å². The van der Waals surface area contributed by atoms with Crippen LogP contribution in [0.25, 0.3) is 0 Å². The molecule has 164 valence electrons. The molecule has 0 aromatic heterocycles. The largest absolute Gasteiger partial charge is 0.393 e. The molecule has 0 aromatic carbocycles. The third-order valence-electron chi connectivity index (χ3n) is 4.66. The summed E-state index contributed by atoms with van der Waals surface area (Å²) in [7, 11) is 0. The fraction of sp³-hybridized carbons (Fsp3) is 1.00. The van der Waals surface area contributed by atoms with Crippen LogP contribution in [-0.4, -0.2) is 98.7 Å². The quantitative estimate of drug-likeness (QED) is 0.188. The van der Waals surface area contributed by atoms with Crippen molar-refractivity contribution in [3.8, 4) is 0 Å². The molecule has 0 aliphatic rings. The summed E-state index contributed by atoms with van der Waals surface area (Å²) in [6.07, 6.45) is -2.27. The van der Waals surface area contributed by atoms with Crippen LogP contribution >= 0.6 is 0 Å². The van der Waals surface area contributed by atoms with Crippen molar-refractivity contribution >= 4 is 0 Å². The highest BCUT2D eigenvalue weighted by Gasteiger charge is 2.46. The first-order valence-corrected chi connectivity index (χ1v) is 10.0. The second-order valence-electron chi connectivity index (χ2n) is 8.19. The van der Waals surface area contributed by atoms with Gasteiger partial charge in [-0.1, -0.05) is 0 Å². The van der Waals surface area contributed by atoms with Crippen molar-refractivity contribution < 1.29 is 25.5 Å². The van der Waals surface area contributed by atoms with Crippen LogP contribution in [0.2, 0.25) is 0 Å². The standard InChI is InChI=1S/C19H43N3O5/c1-13(23)8-18(21-7-6-20)19(9-14(2)24,10-15(3)25)22(11-16(4)26)12-17(5)27/h13-18,21,23-27H,6-12,20H2,1-5H3. The fourth-order valence-electron chi connectivity index (χ4n) is 4.04. The van der Waals surface area contributed by atoms with Gasteiger partial charge in [-0.3, -0.25) is 4.90 Å². The molecule has 0 aliphatic heterocycles. The van der Waals surface area contributed by atoms with Gasteiger partial charge in [0.05, 0.1) is 30.5 Å². The Morgan fingerprint density at radius 3 is 1.52 bits per heavy atom. The normalized spacial score (nSPS) is 21.3. The average molecular weight is 394 g/mol. The Kier molecular flexibility index (Phi) is 12.9. The van der Waals surface area contributed by atoms with Gasteiger partial charge >= 0.3 is 0 Å². The maximum Gasteiger partial charge on any atom is 0.0639 e. The fourth-order valence-corrected chi connectivity index (χ4v) is 4.04. The highest BCUT2D eigenvalue weighted by atomic mass is 16.3. The smallest absolute Gasteiger partial charge is 0.0639 e. The van der Waals surface area contributed by atoms with Gasteiger partial charge in [0.25, 0.3) is 0 Å². The van der Waals surface area contributed by atoms with Gasteiger partial charge in [0.15, 0.2) is 0 Å². The van der Waals surface area contributed by atoms with Crippen molar-refractivity contribution in [2.45, 2.75) is 96.0 Å². The molecule has 27 heavy (non-hydrogen) atoms. The van der Waals surface area contributed by atoms with Gasteiger partial charge in [-0.05, 0) is 53.9 Å². The first-order valence-electron chi connectivity index (χ1n) is 10.0. The molecule has 0 heterocycles. The number of aliphatic hydroxyl groups is 5. The molecular weight excluding hydrogens is 350 g/mol. The summed E-state index contributed by atoms with van der Waals surface area (Å²) in [5, 5.41) is 54.1. The molecule has 0 spiro atoms. The van der Waals surface area contributed by atoms with Gasteiger partial charge in [-0.2, -0.15) is 0 Å². The molecule has 0 radical (unpaired) electrons. The molecule has 0 saturated carbocycles. The third-order valence-corrected chi connectivity index (χ3v) is 4.66. The van der Waals surface area contributed by atoms with E-state index in [4.69, 9.17) is 5.73 Å². The van der Waals surface area contributed by atoms with E-state index in [0.717, 1.165) is 0 Å². The summed E-state index contributed by atoms with van der Waals surface area (Å²) in [5.74, 6) is 0. The van der Waals surface area contributed by atoms with E-state index in [1.165, 1.54) is 0 Å². The van der Waals surface area contributed by atoms with Crippen molar-refractivity contribution in [1.29, 1.82) is 0 Å². The van der Waals surface area contributed by atoms with Crippen LogP contribution in [0.1, 0.15) is 53.9 Å². The minimum absolute atomic E-state index is 0.269. The molecular formula is C19H43N3O5. The maximum atomic E-state index is 10.3. The Balaban J connectivity index is 6.26. The lowest BCUT2D eigenvalue weighted by Gasteiger charge is -2.52. The summed E-state index contributed by atoms with van der Waals surface area (Å²) in [5.41, 5.74) is 4.88. The predicted octanol–water partition coefficient (Wildman–Crippen LogP) is -0.982. The SMILES string of the molecule is CC(O)CC(NCCN)C(CC(C)O)(CC(C)O)N(CC(C)O)CC(C)O. The van der Waals surface area contributed by atoms with E-state index in [2.05, 4.69) is 5.32 Å². The molecule has 6 atom stereocenters. The second-order valence-corrected chi connectivity index (χ2v) is 8.19. The Bertz CT molecular complexity index is 358. The molecule has 8 nitrogen and oxygen atoms in total. The third kappa shape index (κ3) is 10.1. The number of aliphatic hydroxyl groups excluding tert-OH is 5. The zero-order chi connectivity index (χ0) is 21.2. The van der Waals surface area contributed by atoms with Gasteiger partial charge in [0, 0.05) is 37.8 Å². The van der Waals surface area contributed by atoms with Gasteiger partial charge in [-0.25, -0.2) is 0 Å². The molecule has 0 rings (SSSR count). The summed E-state index contributed by atoms with van der Waals surface area (Å²) < 4.78 is 0. The monoisotopic (exact) mass is 393 g/mol. The zero-order valence-corrected chi connectivity index (χ0v) is 17.7. The minimum Gasteiger partial charge on any atom is -0.393 e. The van der Waals surface area contributed by atoms with Crippen LogP contribution in [-0.2, 0) is 0 Å². The van der Waals surface area contributed by atoms with Crippen LogP contribution in [0.5, 0.6) is 0 Å². The van der Waals surface area contributed by atoms with Gasteiger partial charge in [0.2, 0.25) is 0 Å². The van der Waals surface area contributed by atoms with E-state index < -0.39 is 36.1 Å². The highest BCUT2D eigenvalue weighted by molar-refractivity contribution is 5.04. The molecule has 6 unspecified atom stereocenters. The summed E-state index contributed by atoms with van der Waals surface area (Å²) >= 11 is 0. The first kappa shape index (κ1) is 26.7. The van der Waals surface area contributed by atoms with Crippen molar-refractivity contribution in [3.05, 3.63) is 0 Å². The number of nitrogens with one attached hydrogen (secondary N) is 1. The molecule has 0 bridgehead atoms. The molecule has 0 fully saturated rings. The van der Waals surface area contributed by atoms with E-state index >= 15 is 0 Å². The number of rotatable bonds is 15. The van der Waals surface area contributed by atoms with Crippen molar-refractivity contribution in [1.82, 2.24) is 10.2 Å². The van der Waals surface area contributed by atoms with Crippen LogP contribution in [0, 0.1) is 0 Å². The number of hydrogen-bond acceptors (Lipinski definition) is 8. The van der Waals surface area contributed by atoms with Gasteiger partial charge < -0.3 is 36.6 Å². The van der Waals surface area contributed by atoms with Crippen molar-refractivity contribution in [3.63, 3.8) is 0 Å². The Morgan fingerprint density at radius 2 is 1.22 bits per heavy atom. The predicted molar refractivity (Wildman–Crippen MR) is 107 cm³/mol. The average Bonchev–Trinajstić information content (AvgIpc) is 2.47. The van der Waals surface area contributed by atoms with Crippen LogP contribution < -0.4 is 11.1 Å². The number of hydrogen-bond donors (Lipinski definition) is 7. The summed E-state index contributed by atoms with van der Waals surface area (Å²) in [6.45, 7) is 9.85. The summed E-state index contributed by atoms with van der Waals surface area (Å²) in [4.78, 5) is 1.94. The molecule has 0 amide bonds. The van der Waals surface area contributed by atoms with Crippen LogP contribution in [0.15, 0.2) is 0 Å². The highest BCUT2D eigenvalue weighted by Crippen LogP contribution is 2.34. The molecule has 8 N–H and O–H groups in total. The maximum absolute atomic E-state index is 10.3. The van der Waals surface area contributed by atoms with Gasteiger partial charge in [0.1, 0.15) is 0 Å². The van der Waals surface area contributed by atoms with E-state index in [1.807, 2.05) is 4.90 Å². The van der Waals surface area contributed by atoms with Crippen molar-refractivity contribution in [2.24, 2.45) is 5.73 Å². The van der Waals surface area contributed by atoms with Gasteiger partial charge in [-0.15, -0.1) is 0 Å². The number of β-amino-alcohol motifs (C(OH)–C–C–N with tert-alkyl or cyclic N) is 2. The molecule has 0 aliphatic carbocycles. The Morgan fingerprint density at radius 1 is 0.778 bits per heavy atom. The molecule has 8 heteroatoms. The van der Waals surface area contributed by atoms with E-state index in [0.29, 0.717) is 32.4 Å². The summed E-state index contributed by atoms with van der Waals surface area (Å²) in [6, 6.07) is -0.303. The number of nitrogens with two attached hydrogens (primary N) is 1. The van der Waals surface area contributed by atoms with E-state index in [9.17, 15) is 25.5 Å².